The van der Waals surface area contributed by atoms with Gasteiger partial charge in [0.1, 0.15) is 11.6 Å². The summed E-state index contributed by atoms with van der Waals surface area (Å²) in [6.45, 7) is 3.78. The second-order valence-electron chi connectivity index (χ2n) is 5.14. The maximum atomic E-state index is 11.7. The summed E-state index contributed by atoms with van der Waals surface area (Å²) in [5, 5.41) is 0. The van der Waals surface area contributed by atoms with Crippen LogP contribution in [0.5, 0.6) is 5.75 Å². The van der Waals surface area contributed by atoms with E-state index in [1.807, 2.05) is 48.5 Å². The zero-order valence-electron chi connectivity index (χ0n) is 13.1. The summed E-state index contributed by atoms with van der Waals surface area (Å²) in [4.78, 5) is 19.5. The van der Waals surface area contributed by atoms with Crippen molar-refractivity contribution in [3.8, 4) is 17.1 Å². The lowest BCUT2D eigenvalue weighted by molar-refractivity contribution is -0.150. The fourth-order valence-electron chi connectivity index (χ4n) is 2.32. The molecule has 0 aliphatic heterocycles. The predicted octanol–water partition coefficient (Wildman–Crippen LogP) is 3.56. The van der Waals surface area contributed by atoms with E-state index in [1.54, 1.807) is 13.8 Å². The summed E-state index contributed by atoms with van der Waals surface area (Å²) in [5.41, 5.74) is 2.79. The number of imidazole rings is 1. The van der Waals surface area contributed by atoms with Crippen molar-refractivity contribution >= 4 is 17.0 Å². The molecular formula is C18H18N2O3. The molecule has 0 aliphatic rings. The number of aromatic amines is 1. The summed E-state index contributed by atoms with van der Waals surface area (Å²) >= 11 is 0. The lowest BCUT2D eigenvalue weighted by atomic mass is 10.2. The number of hydrogen-bond acceptors (Lipinski definition) is 4. The van der Waals surface area contributed by atoms with Crippen LogP contribution in [0.15, 0.2) is 48.5 Å². The summed E-state index contributed by atoms with van der Waals surface area (Å²) in [6.07, 6.45) is -0.652. The van der Waals surface area contributed by atoms with Crippen LogP contribution >= 0.6 is 0 Å². The maximum absolute atomic E-state index is 11.7. The van der Waals surface area contributed by atoms with E-state index in [0.717, 1.165) is 22.4 Å². The predicted molar refractivity (Wildman–Crippen MR) is 88.3 cm³/mol. The van der Waals surface area contributed by atoms with E-state index in [1.165, 1.54) is 0 Å². The highest BCUT2D eigenvalue weighted by atomic mass is 16.6. The second-order valence-corrected chi connectivity index (χ2v) is 5.14. The highest BCUT2D eigenvalue weighted by molar-refractivity contribution is 5.79. The zero-order chi connectivity index (χ0) is 16.2. The molecule has 1 aromatic heterocycles. The van der Waals surface area contributed by atoms with E-state index >= 15 is 0 Å². The Morgan fingerprint density at radius 3 is 2.83 bits per heavy atom. The third-order valence-corrected chi connectivity index (χ3v) is 3.43. The van der Waals surface area contributed by atoms with E-state index in [4.69, 9.17) is 9.47 Å². The molecule has 0 spiro atoms. The Morgan fingerprint density at radius 1 is 1.22 bits per heavy atom. The van der Waals surface area contributed by atoms with Crippen molar-refractivity contribution in [2.45, 2.75) is 20.0 Å². The number of H-pyrrole nitrogens is 1. The minimum Gasteiger partial charge on any atom is -0.479 e. The molecule has 1 unspecified atom stereocenters. The number of carbonyl (C=O) groups is 1. The molecular weight excluding hydrogens is 292 g/mol. The van der Waals surface area contributed by atoms with Gasteiger partial charge in [0, 0.05) is 5.56 Å². The summed E-state index contributed by atoms with van der Waals surface area (Å²) in [7, 11) is 0. The summed E-state index contributed by atoms with van der Waals surface area (Å²) in [5.74, 6) is 0.991. The van der Waals surface area contributed by atoms with E-state index in [2.05, 4.69) is 9.97 Å². The van der Waals surface area contributed by atoms with Gasteiger partial charge < -0.3 is 14.5 Å². The normalized spacial score (nSPS) is 12.1. The molecule has 0 radical (unpaired) electrons. The fraction of sp³-hybridized carbons (Fsp3) is 0.222. The Balaban J connectivity index is 1.83. The van der Waals surface area contributed by atoms with Crippen LogP contribution in [0.3, 0.4) is 0 Å². The molecule has 3 rings (SSSR count). The van der Waals surface area contributed by atoms with Crippen molar-refractivity contribution < 1.29 is 14.3 Å². The van der Waals surface area contributed by atoms with Crippen LogP contribution in [0, 0.1) is 0 Å². The minimum absolute atomic E-state index is 0.339. The second kappa shape index (κ2) is 6.52. The number of para-hydroxylation sites is 2. The van der Waals surface area contributed by atoms with Gasteiger partial charge in [0.25, 0.3) is 0 Å². The number of esters is 1. The van der Waals surface area contributed by atoms with Gasteiger partial charge in [-0.15, -0.1) is 0 Å². The van der Waals surface area contributed by atoms with Gasteiger partial charge >= 0.3 is 5.97 Å². The average Bonchev–Trinajstić information content (AvgIpc) is 2.99. The van der Waals surface area contributed by atoms with Crippen LogP contribution in [-0.2, 0) is 9.53 Å². The first kappa shape index (κ1) is 15.1. The monoisotopic (exact) mass is 310 g/mol. The smallest absolute Gasteiger partial charge is 0.347 e. The Morgan fingerprint density at radius 2 is 2.04 bits per heavy atom. The van der Waals surface area contributed by atoms with Crippen molar-refractivity contribution in [3.05, 3.63) is 48.5 Å². The molecule has 0 fully saturated rings. The third kappa shape index (κ3) is 3.34. The molecule has 23 heavy (non-hydrogen) atoms. The number of nitrogens with one attached hydrogen (secondary N) is 1. The number of nitrogens with zero attached hydrogens (tertiary/aromatic N) is 1. The Labute approximate surface area is 134 Å². The van der Waals surface area contributed by atoms with Gasteiger partial charge in [0.2, 0.25) is 0 Å². The van der Waals surface area contributed by atoms with Gasteiger partial charge in [-0.1, -0.05) is 24.3 Å². The molecule has 0 saturated carbocycles. The SMILES string of the molecule is CCOC(=O)C(C)Oc1cccc(-c2nc3ccccc3[nH]2)c1. The first-order chi connectivity index (χ1) is 11.2. The highest BCUT2D eigenvalue weighted by Crippen LogP contribution is 2.24. The number of aromatic nitrogens is 2. The molecule has 0 bridgehead atoms. The van der Waals surface area contributed by atoms with Crippen molar-refractivity contribution in [1.29, 1.82) is 0 Å². The molecule has 1 heterocycles. The largest absolute Gasteiger partial charge is 0.479 e. The minimum atomic E-state index is -0.652. The number of ether oxygens (including phenoxy) is 2. The van der Waals surface area contributed by atoms with Gasteiger partial charge in [0.05, 0.1) is 17.6 Å². The molecule has 1 atom stereocenters. The van der Waals surface area contributed by atoms with Gasteiger partial charge in [-0.25, -0.2) is 9.78 Å². The molecule has 3 aromatic rings. The van der Waals surface area contributed by atoms with E-state index in [-0.39, 0.29) is 5.97 Å². The van der Waals surface area contributed by atoms with E-state index in [9.17, 15) is 4.79 Å². The molecule has 5 nitrogen and oxygen atoms in total. The molecule has 0 aliphatic carbocycles. The van der Waals surface area contributed by atoms with Crippen molar-refractivity contribution in [2.24, 2.45) is 0 Å². The average molecular weight is 310 g/mol. The van der Waals surface area contributed by atoms with Gasteiger partial charge in [-0.3, -0.25) is 0 Å². The van der Waals surface area contributed by atoms with Crippen LogP contribution in [0.4, 0.5) is 0 Å². The quantitative estimate of drug-likeness (QED) is 0.732. The number of fused-ring (bicyclic) bond motifs is 1. The molecule has 118 valence electrons. The van der Waals surface area contributed by atoms with Crippen LogP contribution < -0.4 is 4.74 Å². The maximum Gasteiger partial charge on any atom is 0.347 e. The summed E-state index contributed by atoms with van der Waals surface area (Å²) < 4.78 is 10.6. The van der Waals surface area contributed by atoms with Crippen molar-refractivity contribution in [1.82, 2.24) is 9.97 Å². The Kier molecular flexibility index (Phi) is 4.28. The molecule has 0 amide bonds. The number of hydrogen-bond donors (Lipinski definition) is 1. The number of benzene rings is 2. The fourth-order valence-corrected chi connectivity index (χ4v) is 2.32. The van der Waals surface area contributed by atoms with Gasteiger partial charge in [-0.2, -0.15) is 0 Å². The molecule has 1 N–H and O–H groups in total. The van der Waals surface area contributed by atoms with Crippen molar-refractivity contribution in [2.75, 3.05) is 6.61 Å². The van der Waals surface area contributed by atoms with Crippen LogP contribution in [0.25, 0.3) is 22.4 Å². The molecule has 5 heteroatoms. The van der Waals surface area contributed by atoms with E-state index < -0.39 is 6.10 Å². The van der Waals surface area contributed by atoms with Gasteiger partial charge in [0.15, 0.2) is 6.10 Å². The van der Waals surface area contributed by atoms with Crippen LogP contribution in [-0.4, -0.2) is 28.6 Å². The standard InChI is InChI=1S/C18H18N2O3/c1-3-22-18(21)12(2)23-14-8-6-7-13(11-14)17-19-15-9-4-5-10-16(15)20-17/h4-12H,3H2,1-2H3,(H,19,20). The summed E-state index contributed by atoms with van der Waals surface area (Å²) in [6, 6.07) is 15.3. The lowest BCUT2D eigenvalue weighted by Gasteiger charge is -2.13. The first-order valence-corrected chi connectivity index (χ1v) is 7.56. The third-order valence-electron chi connectivity index (χ3n) is 3.43. The van der Waals surface area contributed by atoms with Gasteiger partial charge in [-0.05, 0) is 38.1 Å². The Hall–Kier alpha value is -2.82. The van der Waals surface area contributed by atoms with Crippen LogP contribution in [0.1, 0.15) is 13.8 Å². The zero-order valence-corrected chi connectivity index (χ0v) is 13.1. The number of carbonyl (C=O) groups excluding carboxylic acids is 1. The lowest BCUT2D eigenvalue weighted by Crippen LogP contribution is -2.26. The molecule has 0 saturated heterocycles. The topological polar surface area (TPSA) is 64.2 Å². The van der Waals surface area contributed by atoms with Crippen LogP contribution in [0.2, 0.25) is 0 Å². The number of rotatable bonds is 5. The highest BCUT2D eigenvalue weighted by Gasteiger charge is 2.16. The van der Waals surface area contributed by atoms with Crippen molar-refractivity contribution in [3.63, 3.8) is 0 Å². The molecule has 2 aromatic carbocycles. The Bertz CT molecular complexity index is 793. The van der Waals surface area contributed by atoms with E-state index in [0.29, 0.717) is 12.4 Å². The first-order valence-electron chi connectivity index (χ1n) is 7.56.